The Morgan fingerprint density at radius 1 is 1.30 bits per heavy atom. The van der Waals surface area contributed by atoms with Gasteiger partial charge in [-0.25, -0.2) is 0 Å². The Morgan fingerprint density at radius 2 is 1.90 bits per heavy atom. The van der Waals surface area contributed by atoms with Gasteiger partial charge in [0.05, 0.1) is 0 Å². The fraction of sp³-hybridized carbons (Fsp3) is 0.222. The zero-order valence-corrected chi connectivity index (χ0v) is 6.17. The number of rotatable bonds is 2. The summed E-state index contributed by atoms with van der Waals surface area (Å²) in [6, 6.07) is 8.31. The summed E-state index contributed by atoms with van der Waals surface area (Å²) in [5.74, 6) is 0. The number of hydrogen-bond acceptors (Lipinski definition) is 1. The lowest BCUT2D eigenvalue weighted by atomic mass is 10.1. The predicted octanol–water partition coefficient (Wildman–Crippen LogP) is 1.51. The van der Waals surface area contributed by atoms with Gasteiger partial charge in [-0.1, -0.05) is 29.8 Å². The second-order valence-electron chi connectivity index (χ2n) is 2.35. The maximum absolute atomic E-state index is 5.34. The third-order valence-electron chi connectivity index (χ3n) is 1.43. The van der Waals surface area contributed by atoms with Gasteiger partial charge in [0, 0.05) is 6.42 Å². The van der Waals surface area contributed by atoms with Crippen LogP contribution in [0.4, 0.5) is 0 Å². The van der Waals surface area contributed by atoms with Crippen LogP contribution in [0.15, 0.2) is 24.3 Å². The van der Waals surface area contributed by atoms with E-state index in [4.69, 9.17) is 5.73 Å². The van der Waals surface area contributed by atoms with Crippen LogP contribution in [0.3, 0.4) is 0 Å². The lowest BCUT2D eigenvalue weighted by Crippen LogP contribution is -1.99. The van der Waals surface area contributed by atoms with Crippen LogP contribution < -0.4 is 5.73 Å². The van der Waals surface area contributed by atoms with Gasteiger partial charge >= 0.3 is 0 Å². The summed E-state index contributed by atoms with van der Waals surface area (Å²) >= 11 is 0. The predicted molar refractivity (Wildman–Crippen MR) is 43.6 cm³/mol. The van der Waals surface area contributed by atoms with Crippen LogP contribution in [0.2, 0.25) is 0 Å². The lowest BCUT2D eigenvalue weighted by molar-refractivity contribution is 1.16. The highest BCUT2D eigenvalue weighted by Gasteiger charge is 1.88. The van der Waals surface area contributed by atoms with Crippen LogP contribution >= 0.6 is 0 Å². The number of aryl methyl sites for hydroxylation is 1. The van der Waals surface area contributed by atoms with Gasteiger partial charge in [0.15, 0.2) is 0 Å². The third-order valence-corrected chi connectivity index (χ3v) is 1.43. The lowest BCUT2D eigenvalue weighted by Gasteiger charge is -1.96. The molecule has 0 atom stereocenters. The average molecular weight is 134 g/mol. The Labute approximate surface area is 61.9 Å². The molecular formula is C9H12N. The first-order chi connectivity index (χ1) is 4.83. The van der Waals surface area contributed by atoms with Gasteiger partial charge in [-0.05, 0) is 19.0 Å². The first-order valence-corrected chi connectivity index (χ1v) is 3.43. The monoisotopic (exact) mass is 134 g/mol. The first kappa shape index (κ1) is 7.29. The molecule has 0 saturated carbocycles. The highest BCUT2D eigenvalue weighted by atomic mass is 14.5. The van der Waals surface area contributed by atoms with Gasteiger partial charge in [0.25, 0.3) is 0 Å². The zero-order chi connectivity index (χ0) is 7.40. The highest BCUT2D eigenvalue weighted by Crippen LogP contribution is 2.03. The molecule has 1 aromatic rings. The van der Waals surface area contributed by atoms with Crippen molar-refractivity contribution in [2.75, 3.05) is 6.54 Å². The molecule has 10 heavy (non-hydrogen) atoms. The van der Waals surface area contributed by atoms with E-state index >= 15 is 0 Å². The first-order valence-electron chi connectivity index (χ1n) is 3.43. The normalized spacial score (nSPS) is 9.80. The highest BCUT2D eigenvalue weighted by molar-refractivity contribution is 5.26. The molecule has 2 N–H and O–H groups in total. The second kappa shape index (κ2) is 3.37. The molecular weight excluding hydrogens is 122 g/mol. The number of benzene rings is 1. The van der Waals surface area contributed by atoms with Crippen molar-refractivity contribution in [3.8, 4) is 0 Å². The van der Waals surface area contributed by atoms with Crippen molar-refractivity contribution < 1.29 is 0 Å². The SMILES string of the molecule is Cc1ccc([CH]CN)cc1. The van der Waals surface area contributed by atoms with Crippen LogP contribution in [-0.2, 0) is 0 Å². The van der Waals surface area contributed by atoms with Crippen molar-refractivity contribution in [3.63, 3.8) is 0 Å². The molecule has 1 aromatic carbocycles. The molecule has 0 bridgehead atoms. The minimum Gasteiger partial charge on any atom is -0.330 e. The van der Waals surface area contributed by atoms with E-state index in [1.807, 2.05) is 6.42 Å². The van der Waals surface area contributed by atoms with Gasteiger partial charge in [0.2, 0.25) is 0 Å². The standard InChI is InChI=1S/C9H12N/c1-8-2-4-9(5-3-8)6-7-10/h2-6H,7,10H2,1H3. The van der Waals surface area contributed by atoms with Crippen molar-refractivity contribution in [1.29, 1.82) is 0 Å². The molecule has 0 heterocycles. The minimum atomic E-state index is 0.614. The summed E-state index contributed by atoms with van der Waals surface area (Å²) in [6.45, 7) is 2.69. The van der Waals surface area contributed by atoms with E-state index in [1.54, 1.807) is 0 Å². The Kier molecular flexibility index (Phi) is 2.46. The Bertz CT molecular complexity index is 188. The number of nitrogens with two attached hydrogens (primary N) is 1. The van der Waals surface area contributed by atoms with Gasteiger partial charge < -0.3 is 5.73 Å². The fourth-order valence-electron chi connectivity index (χ4n) is 0.839. The summed E-state index contributed by atoms with van der Waals surface area (Å²) in [7, 11) is 0. The van der Waals surface area contributed by atoms with Crippen molar-refractivity contribution >= 4 is 0 Å². The summed E-state index contributed by atoms with van der Waals surface area (Å²) in [5, 5.41) is 0. The van der Waals surface area contributed by atoms with Crippen molar-refractivity contribution in [2.45, 2.75) is 6.92 Å². The largest absolute Gasteiger partial charge is 0.330 e. The topological polar surface area (TPSA) is 26.0 Å². The molecule has 0 spiro atoms. The van der Waals surface area contributed by atoms with E-state index in [1.165, 1.54) is 11.1 Å². The smallest absolute Gasteiger partial charge is 0.00420 e. The quantitative estimate of drug-likeness (QED) is 0.651. The second-order valence-corrected chi connectivity index (χ2v) is 2.35. The van der Waals surface area contributed by atoms with E-state index in [0.717, 1.165) is 0 Å². The summed E-state index contributed by atoms with van der Waals surface area (Å²) in [6.07, 6.45) is 2.00. The van der Waals surface area contributed by atoms with E-state index in [2.05, 4.69) is 31.2 Å². The van der Waals surface area contributed by atoms with Gasteiger partial charge in [0.1, 0.15) is 0 Å². The summed E-state index contributed by atoms with van der Waals surface area (Å²) < 4.78 is 0. The Morgan fingerprint density at radius 3 is 2.40 bits per heavy atom. The molecule has 1 rings (SSSR count). The molecule has 0 aliphatic rings. The Balaban J connectivity index is 2.69. The van der Waals surface area contributed by atoms with Gasteiger partial charge in [-0.15, -0.1) is 0 Å². The molecule has 53 valence electrons. The maximum Gasteiger partial charge on any atom is 0.00420 e. The molecule has 0 unspecified atom stereocenters. The van der Waals surface area contributed by atoms with Crippen molar-refractivity contribution in [3.05, 3.63) is 41.8 Å². The molecule has 0 aliphatic heterocycles. The third kappa shape index (κ3) is 1.85. The van der Waals surface area contributed by atoms with Crippen LogP contribution in [0.25, 0.3) is 0 Å². The molecule has 0 aliphatic carbocycles. The molecule has 1 radical (unpaired) electrons. The van der Waals surface area contributed by atoms with Crippen molar-refractivity contribution in [2.24, 2.45) is 5.73 Å². The minimum absolute atomic E-state index is 0.614. The van der Waals surface area contributed by atoms with E-state index in [-0.39, 0.29) is 0 Å². The molecule has 0 saturated heterocycles. The van der Waals surface area contributed by atoms with Crippen LogP contribution in [-0.4, -0.2) is 6.54 Å². The van der Waals surface area contributed by atoms with Gasteiger partial charge in [-0.2, -0.15) is 0 Å². The molecule has 0 fully saturated rings. The van der Waals surface area contributed by atoms with Gasteiger partial charge in [-0.3, -0.25) is 0 Å². The molecule has 0 aromatic heterocycles. The Hall–Kier alpha value is -0.820. The van der Waals surface area contributed by atoms with E-state index < -0.39 is 0 Å². The maximum atomic E-state index is 5.34. The fourth-order valence-corrected chi connectivity index (χ4v) is 0.839. The molecule has 0 amide bonds. The molecule has 1 nitrogen and oxygen atoms in total. The number of hydrogen-bond donors (Lipinski definition) is 1. The summed E-state index contributed by atoms with van der Waals surface area (Å²) in [5.41, 5.74) is 7.83. The van der Waals surface area contributed by atoms with Crippen LogP contribution in [0.5, 0.6) is 0 Å². The van der Waals surface area contributed by atoms with Crippen LogP contribution in [0, 0.1) is 13.3 Å². The van der Waals surface area contributed by atoms with Crippen LogP contribution in [0.1, 0.15) is 11.1 Å². The zero-order valence-electron chi connectivity index (χ0n) is 6.17. The van der Waals surface area contributed by atoms with E-state index in [0.29, 0.717) is 6.54 Å². The van der Waals surface area contributed by atoms with E-state index in [9.17, 15) is 0 Å². The average Bonchev–Trinajstić information content (AvgIpc) is 1.95. The molecule has 1 heteroatoms. The van der Waals surface area contributed by atoms with Crippen molar-refractivity contribution in [1.82, 2.24) is 0 Å². The summed E-state index contributed by atoms with van der Waals surface area (Å²) in [4.78, 5) is 0.